The Hall–Kier alpha value is -3.02. The van der Waals surface area contributed by atoms with Gasteiger partial charge in [0.1, 0.15) is 5.82 Å². The highest BCUT2D eigenvalue weighted by atomic mass is 16.5. The molecule has 22 heavy (non-hydrogen) atoms. The van der Waals surface area contributed by atoms with Crippen LogP contribution in [-0.4, -0.2) is 24.2 Å². The maximum absolute atomic E-state index is 5.93. The zero-order valence-electron chi connectivity index (χ0n) is 12.3. The quantitative estimate of drug-likeness (QED) is 0.770. The van der Waals surface area contributed by atoms with Crippen LogP contribution in [0.5, 0.6) is 11.5 Å². The summed E-state index contributed by atoms with van der Waals surface area (Å²) in [5.74, 6) is 1.89. The summed E-state index contributed by atoms with van der Waals surface area (Å²) in [4.78, 5) is 8.17. The van der Waals surface area contributed by atoms with Crippen LogP contribution in [0.25, 0.3) is 22.0 Å². The molecule has 1 aromatic heterocycles. The van der Waals surface area contributed by atoms with E-state index in [1.165, 1.54) is 0 Å². The van der Waals surface area contributed by atoms with Crippen molar-refractivity contribution in [3.05, 3.63) is 36.4 Å². The SMILES string of the molecule is COc1ccc(-c2ccc3nc(N)nc(N)c3c2)cc1OC. The van der Waals surface area contributed by atoms with Gasteiger partial charge in [-0.1, -0.05) is 12.1 Å². The molecule has 0 fully saturated rings. The largest absolute Gasteiger partial charge is 0.493 e. The third-order valence-corrected chi connectivity index (χ3v) is 3.46. The Bertz CT molecular complexity index is 849. The first kappa shape index (κ1) is 13.9. The number of nitrogens with two attached hydrogens (primary N) is 2. The average molecular weight is 296 g/mol. The summed E-state index contributed by atoms with van der Waals surface area (Å²) in [6, 6.07) is 11.5. The molecule has 0 aliphatic carbocycles. The normalized spacial score (nSPS) is 10.6. The van der Waals surface area contributed by atoms with E-state index in [-0.39, 0.29) is 5.95 Å². The zero-order valence-corrected chi connectivity index (χ0v) is 12.3. The second-order valence-corrected chi connectivity index (χ2v) is 4.77. The van der Waals surface area contributed by atoms with Crippen LogP contribution in [0.1, 0.15) is 0 Å². The Kier molecular flexibility index (Phi) is 3.42. The van der Waals surface area contributed by atoms with Gasteiger partial charge in [-0.15, -0.1) is 0 Å². The van der Waals surface area contributed by atoms with Gasteiger partial charge in [0.2, 0.25) is 5.95 Å². The van der Waals surface area contributed by atoms with Gasteiger partial charge in [0.05, 0.1) is 19.7 Å². The van der Waals surface area contributed by atoms with Crippen molar-refractivity contribution in [1.82, 2.24) is 9.97 Å². The number of fused-ring (bicyclic) bond motifs is 1. The molecule has 2 aromatic carbocycles. The summed E-state index contributed by atoms with van der Waals surface area (Å²) in [5, 5.41) is 0.765. The number of hydrogen-bond acceptors (Lipinski definition) is 6. The predicted octanol–water partition coefficient (Wildman–Crippen LogP) is 2.48. The fourth-order valence-corrected chi connectivity index (χ4v) is 2.37. The third-order valence-electron chi connectivity index (χ3n) is 3.46. The molecule has 3 aromatic rings. The van der Waals surface area contributed by atoms with Gasteiger partial charge >= 0.3 is 0 Å². The number of nitrogens with zero attached hydrogens (tertiary/aromatic N) is 2. The number of anilines is 2. The number of aromatic nitrogens is 2. The van der Waals surface area contributed by atoms with Crippen LogP contribution in [0.4, 0.5) is 11.8 Å². The Labute approximate surface area is 127 Å². The summed E-state index contributed by atoms with van der Waals surface area (Å²) in [6.07, 6.45) is 0. The van der Waals surface area contributed by atoms with Crippen LogP contribution in [0.15, 0.2) is 36.4 Å². The molecule has 0 spiro atoms. The molecule has 0 saturated carbocycles. The summed E-state index contributed by atoms with van der Waals surface area (Å²) in [5.41, 5.74) is 14.2. The first-order chi connectivity index (χ1) is 10.6. The van der Waals surface area contributed by atoms with Crippen LogP contribution in [-0.2, 0) is 0 Å². The average Bonchev–Trinajstić information content (AvgIpc) is 2.53. The van der Waals surface area contributed by atoms with Gasteiger partial charge in [0.25, 0.3) is 0 Å². The Balaban J connectivity index is 2.14. The number of rotatable bonds is 3. The van der Waals surface area contributed by atoms with Crippen LogP contribution in [0, 0.1) is 0 Å². The smallest absolute Gasteiger partial charge is 0.222 e. The van der Waals surface area contributed by atoms with E-state index in [0.29, 0.717) is 22.8 Å². The number of benzene rings is 2. The Morgan fingerprint density at radius 3 is 2.23 bits per heavy atom. The zero-order chi connectivity index (χ0) is 15.7. The maximum atomic E-state index is 5.93. The molecule has 6 nitrogen and oxygen atoms in total. The van der Waals surface area contributed by atoms with Crippen molar-refractivity contribution in [2.75, 3.05) is 25.7 Å². The van der Waals surface area contributed by atoms with Crippen molar-refractivity contribution in [3.63, 3.8) is 0 Å². The molecule has 1 heterocycles. The van der Waals surface area contributed by atoms with Crippen molar-refractivity contribution < 1.29 is 9.47 Å². The highest BCUT2D eigenvalue weighted by Crippen LogP contribution is 2.33. The predicted molar refractivity (Wildman–Crippen MR) is 86.9 cm³/mol. The second kappa shape index (κ2) is 5.40. The number of nitrogen functional groups attached to an aromatic ring is 2. The standard InChI is InChI=1S/C16H16N4O2/c1-21-13-6-4-10(8-14(13)22-2)9-3-5-12-11(7-9)15(17)20-16(18)19-12/h3-8H,1-2H3,(H4,17,18,19,20). The molecule has 112 valence electrons. The van der Waals surface area contributed by atoms with E-state index in [4.69, 9.17) is 20.9 Å². The topological polar surface area (TPSA) is 96.3 Å². The first-order valence-corrected chi connectivity index (χ1v) is 6.67. The number of hydrogen-bond donors (Lipinski definition) is 2. The Morgan fingerprint density at radius 2 is 1.50 bits per heavy atom. The van der Waals surface area contributed by atoms with E-state index >= 15 is 0 Å². The summed E-state index contributed by atoms with van der Waals surface area (Å²) < 4.78 is 10.6. The lowest BCUT2D eigenvalue weighted by Crippen LogP contribution is -2.00. The van der Waals surface area contributed by atoms with Gasteiger partial charge in [0, 0.05) is 5.39 Å². The van der Waals surface area contributed by atoms with Gasteiger partial charge in [-0.3, -0.25) is 0 Å². The fraction of sp³-hybridized carbons (Fsp3) is 0.125. The monoisotopic (exact) mass is 296 g/mol. The van der Waals surface area contributed by atoms with Gasteiger partial charge in [0.15, 0.2) is 11.5 Å². The molecular formula is C16H16N4O2. The van der Waals surface area contributed by atoms with Crippen LogP contribution < -0.4 is 20.9 Å². The van der Waals surface area contributed by atoms with E-state index in [0.717, 1.165) is 16.5 Å². The van der Waals surface area contributed by atoms with E-state index in [1.54, 1.807) is 14.2 Å². The van der Waals surface area contributed by atoms with Crippen molar-refractivity contribution in [2.45, 2.75) is 0 Å². The van der Waals surface area contributed by atoms with Crippen molar-refractivity contribution >= 4 is 22.7 Å². The molecule has 0 aliphatic heterocycles. The van der Waals surface area contributed by atoms with Crippen LogP contribution >= 0.6 is 0 Å². The van der Waals surface area contributed by atoms with Crippen LogP contribution in [0.2, 0.25) is 0 Å². The minimum atomic E-state index is 0.170. The molecule has 0 amide bonds. The summed E-state index contributed by atoms with van der Waals surface area (Å²) >= 11 is 0. The lowest BCUT2D eigenvalue weighted by atomic mass is 10.0. The van der Waals surface area contributed by atoms with Gasteiger partial charge in [-0.05, 0) is 35.4 Å². The molecule has 0 unspecified atom stereocenters. The fourth-order valence-electron chi connectivity index (χ4n) is 2.37. The van der Waals surface area contributed by atoms with E-state index in [2.05, 4.69) is 9.97 Å². The molecule has 6 heteroatoms. The molecule has 0 aliphatic rings. The molecule has 0 bridgehead atoms. The molecule has 0 radical (unpaired) electrons. The highest BCUT2D eigenvalue weighted by Gasteiger charge is 2.09. The second-order valence-electron chi connectivity index (χ2n) is 4.77. The first-order valence-electron chi connectivity index (χ1n) is 6.67. The maximum Gasteiger partial charge on any atom is 0.222 e. The van der Waals surface area contributed by atoms with Gasteiger partial charge < -0.3 is 20.9 Å². The lowest BCUT2D eigenvalue weighted by Gasteiger charge is -2.10. The minimum Gasteiger partial charge on any atom is -0.493 e. The lowest BCUT2D eigenvalue weighted by molar-refractivity contribution is 0.355. The molecule has 4 N–H and O–H groups in total. The van der Waals surface area contributed by atoms with Gasteiger partial charge in [-0.2, -0.15) is 4.98 Å². The number of ether oxygens (including phenoxy) is 2. The minimum absolute atomic E-state index is 0.170. The molecule has 3 rings (SSSR count). The van der Waals surface area contributed by atoms with E-state index in [9.17, 15) is 0 Å². The van der Waals surface area contributed by atoms with E-state index < -0.39 is 0 Å². The number of methoxy groups -OCH3 is 2. The Morgan fingerprint density at radius 1 is 0.818 bits per heavy atom. The van der Waals surface area contributed by atoms with Crippen molar-refractivity contribution in [2.24, 2.45) is 0 Å². The van der Waals surface area contributed by atoms with Crippen molar-refractivity contribution in [3.8, 4) is 22.6 Å². The van der Waals surface area contributed by atoms with E-state index in [1.807, 2.05) is 36.4 Å². The highest BCUT2D eigenvalue weighted by molar-refractivity contribution is 5.92. The summed E-state index contributed by atoms with van der Waals surface area (Å²) in [6.45, 7) is 0. The molecular weight excluding hydrogens is 280 g/mol. The van der Waals surface area contributed by atoms with Gasteiger partial charge in [-0.25, -0.2) is 4.98 Å². The van der Waals surface area contributed by atoms with Crippen molar-refractivity contribution in [1.29, 1.82) is 0 Å². The summed E-state index contributed by atoms with van der Waals surface area (Å²) in [7, 11) is 3.21. The third kappa shape index (κ3) is 2.35. The molecule has 0 atom stereocenters. The van der Waals surface area contributed by atoms with Crippen LogP contribution in [0.3, 0.4) is 0 Å². The molecule has 0 saturated heterocycles.